The van der Waals surface area contributed by atoms with Gasteiger partial charge in [-0.05, 0) is 113 Å². The highest BCUT2D eigenvalue weighted by atomic mass is 32.2. The zero-order valence-corrected chi connectivity index (χ0v) is 41.2. The molecule has 5 heterocycles. The Balaban J connectivity index is 1.59. The van der Waals surface area contributed by atoms with Crippen molar-refractivity contribution in [1.29, 1.82) is 0 Å². The summed E-state index contributed by atoms with van der Waals surface area (Å²) < 4.78 is 72.0. The van der Waals surface area contributed by atoms with Crippen LogP contribution in [0.25, 0.3) is 0 Å². The number of ether oxygens (including phenoxy) is 6. The summed E-state index contributed by atoms with van der Waals surface area (Å²) in [6, 6.07) is -1.15. The Kier molecular flexibility index (Phi) is 17.3. The number of piperidine rings is 1. The molecule has 18 heteroatoms. The molecule has 4 N–H and O–H groups in total. The van der Waals surface area contributed by atoms with Crippen molar-refractivity contribution < 1.29 is 66.2 Å². The Bertz CT molecular complexity index is 1620. The summed E-state index contributed by atoms with van der Waals surface area (Å²) in [7, 11) is -1.08. The number of hydrogen-bond acceptors (Lipinski definition) is 16. The van der Waals surface area contributed by atoms with Gasteiger partial charge in [0, 0.05) is 45.6 Å². The van der Waals surface area contributed by atoms with Crippen molar-refractivity contribution in [3.8, 4) is 0 Å². The van der Waals surface area contributed by atoms with Crippen LogP contribution in [-0.2, 0) is 47.7 Å². The summed E-state index contributed by atoms with van der Waals surface area (Å²) in [5, 5.41) is 49.2. The first-order valence-electron chi connectivity index (χ1n) is 23.6. The third-order valence-corrected chi connectivity index (χ3v) is 16.7. The van der Waals surface area contributed by atoms with Crippen molar-refractivity contribution in [2.24, 2.45) is 17.8 Å². The zero-order chi connectivity index (χ0) is 47.0. The minimum atomic E-state index is -4.10. The quantitative estimate of drug-likeness (QED) is 0.232. The molecule has 0 radical (unpaired) electrons. The molecular formula is C45H83N3O14S. The van der Waals surface area contributed by atoms with Gasteiger partial charge in [0.1, 0.15) is 35.1 Å². The van der Waals surface area contributed by atoms with E-state index in [2.05, 4.69) is 9.80 Å². The molecule has 0 amide bonds. The van der Waals surface area contributed by atoms with E-state index in [9.17, 15) is 33.6 Å². The molecule has 5 fully saturated rings. The van der Waals surface area contributed by atoms with Gasteiger partial charge in [-0.3, -0.25) is 9.69 Å². The SMILES string of the molecule is CCCN1C[C@H](C)C[C@@](C)(O)[C@H](O[C@@H]2O[C@H](C)C[C@H]3[C@H]2OS(=O)(=O)N3C)[C@@H](C)[C@H](O[C@H]2C[C@@](C)(OC)[C@](O)(CN3CCCCC3)[C@H](C)O2)[C@@H](C)C(=O)O[C@H](CC)[C@@](C)(O)[C@H](O)[C@H]1C. The first-order chi connectivity index (χ1) is 29.3. The Morgan fingerprint density at radius 1 is 0.921 bits per heavy atom. The molecule has 5 aliphatic heterocycles. The van der Waals surface area contributed by atoms with E-state index in [1.807, 2.05) is 34.6 Å². The standard InChI is InChI=1S/C45H83N3O14S/c1-14-19-48-25-27(3)23-42(9,51)39(61-41-37-33(22-28(4)57-41)46(12)63(54,55)62-37)29(5)36(30(6)40(50)59-34(15-2)44(11,52)38(49)31(48)7)60-35-24-43(10,56-13)45(53,32(8)58-35)26-47-20-17-16-18-21-47/h27-39,41,49,51-53H,14-26H2,1-13H3/t27-,28-,29+,30-,31-,32+,33+,34-,35+,36+,37-,38-,39-,41+,42-,43-,44-,45+/m1/s1. The second kappa shape index (κ2) is 20.6. The molecule has 0 aromatic carbocycles. The predicted molar refractivity (Wildman–Crippen MR) is 235 cm³/mol. The van der Waals surface area contributed by atoms with E-state index in [4.69, 9.17) is 32.6 Å². The van der Waals surface area contributed by atoms with Crippen LogP contribution >= 0.6 is 0 Å². The molecule has 0 aliphatic carbocycles. The summed E-state index contributed by atoms with van der Waals surface area (Å²) in [5.41, 5.74) is -6.09. The van der Waals surface area contributed by atoms with Crippen molar-refractivity contribution in [3.63, 3.8) is 0 Å². The average Bonchev–Trinajstić information content (AvgIpc) is 3.45. The number of rotatable bonds is 10. The molecule has 0 aromatic heterocycles. The lowest BCUT2D eigenvalue weighted by molar-refractivity contribution is -0.338. The van der Waals surface area contributed by atoms with Crippen molar-refractivity contribution in [2.45, 2.75) is 217 Å². The number of hydrogen-bond donors (Lipinski definition) is 4. The van der Waals surface area contributed by atoms with Gasteiger partial charge in [0.2, 0.25) is 0 Å². The van der Waals surface area contributed by atoms with Crippen LogP contribution in [0.2, 0.25) is 0 Å². The number of cyclic esters (lactones) is 1. The van der Waals surface area contributed by atoms with Crippen LogP contribution in [0.1, 0.15) is 128 Å². The highest BCUT2D eigenvalue weighted by Gasteiger charge is 2.60. The Morgan fingerprint density at radius 3 is 2.17 bits per heavy atom. The topological polar surface area (TPSA) is 206 Å². The predicted octanol–water partition coefficient (Wildman–Crippen LogP) is 3.19. The third kappa shape index (κ3) is 11.1. The molecule has 5 rings (SSSR count). The van der Waals surface area contributed by atoms with Crippen molar-refractivity contribution >= 4 is 16.3 Å². The molecule has 5 saturated heterocycles. The summed E-state index contributed by atoms with van der Waals surface area (Å²) in [5.74, 6) is -2.87. The number of likely N-dealkylation sites (N-methyl/N-ethyl adjacent to an activating group) is 1. The van der Waals surface area contributed by atoms with E-state index in [0.717, 1.165) is 38.8 Å². The van der Waals surface area contributed by atoms with Crippen LogP contribution in [0.4, 0.5) is 0 Å². The monoisotopic (exact) mass is 922 g/mol. The van der Waals surface area contributed by atoms with Gasteiger partial charge in [-0.1, -0.05) is 34.1 Å². The molecule has 0 unspecified atom stereocenters. The number of likely N-dealkylation sites (tertiary alicyclic amines) is 1. The number of β-amino-alcohol motifs (C(OH)–C–C–N with tert-alkyl or cyclic N) is 1. The summed E-state index contributed by atoms with van der Waals surface area (Å²) in [4.78, 5) is 18.9. The number of aliphatic hydroxyl groups is 4. The lowest BCUT2D eigenvalue weighted by Gasteiger charge is -2.55. The number of methoxy groups -OCH3 is 1. The van der Waals surface area contributed by atoms with Gasteiger partial charge in [-0.25, -0.2) is 4.18 Å². The van der Waals surface area contributed by atoms with E-state index in [1.54, 1.807) is 41.7 Å². The molecule has 0 spiro atoms. The van der Waals surface area contributed by atoms with Gasteiger partial charge >= 0.3 is 16.3 Å². The van der Waals surface area contributed by atoms with Gasteiger partial charge in [-0.2, -0.15) is 12.7 Å². The van der Waals surface area contributed by atoms with E-state index in [0.29, 0.717) is 26.1 Å². The van der Waals surface area contributed by atoms with Crippen molar-refractivity contribution in [3.05, 3.63) is 0 Å². The minimum absolute atomic E-state index is 0.0802. The Hall–Kier alpha value is -1.10. The molecule has 0 aromatic rings. The second-order valence-electron chi connectivity index (χ2n) is 20.5. The van der Waals surface area contributed by atoms with Gasteiger partial charge in [0.25, 0.3) is 0 Å². The Morgan fingerprint density at radius 2 is 1.57 bits per heavy atom. The molecule has 368 valence electrons. The Labute approximate surface area is 377 Å². The molecule has 0 bridgehead atoms. The zero-order valence-electron chi connectivity index (χ0n) is 40.4. The number of nitrogens with zero attached hydrogens (tertiary/aromatic N) is 3. The van der Waals surface area contributed by atoms with Crippen LogP contribution < -0.4 is 0 Å². The number of esters is 1. The maximum atomic E-state index is 14.6. The molecule has 18 atom stereocenters. The maximum Gasteiger partial charge on any atom is 0.338 e. The molecule has 17 nitrogen and oxygen atoms in total. The number of aliphatic hydroxyl groups excluding tert-OH is 1. The van der Waals surface area contributed by atoms with E-state index < -0.39 is 118 Å². The van der Waals surface area contributed by atoms with Crippen LogP contribution in [0.15, 0.2) is 0 Å². The van der Waals surface area contributed by atoms with Crippen LogP contribution in [0, 0.1) is 17.8 Å². The third-order valence-electron chi connectivity index (χ3n) is 15.3. The van der Waals surface area contributed by atoms with Crippen molar-refractivity contribution in [1.82, 2.24) is 14.1 Å². The van der Waals surface area contributed by atoms with Crippen LogP contribution in [0.5, 0.6) is 0 Å². The van der Waals surface area contributed by atoms with Gasteiger partial charge < -0.3 is 53.7 Å². The van der Waals surface area contributed by atoms with Crippen molar-refractivity contribution in [2.75, 3.05) is 46.9 Å². The fourth-order valence-electron chi connectivity index (χ4n) is 11.3. The highest BCUT2D eigenvalue weighted by molar-refractivity contribution is 7.84. The van der Waals surface area contributed by atoms with E-state index in [1.165, 1.54) is 18.3 Å². The van der Waals surface area contributed by atoms with Gasteiger partial charge in [0.05, 0.1) is 42.0 Å². The maximum absolute atomic E-state index is 14.6. The second-order valence-corrected chi connectivity index (χ2v) is 22.1. The first-order valence-corrected chi connectivity index (χ1v) is 25.0. The van der Waals surface area contributed by atoms with Gasteiger partial charge in [-0.15, -0.1) is 0 Å². The number of fused-ring (bicyclic) bond motifs is 1. The fourth-order valence-corrected chi connectivity index (χ4v) is 12.5. The minimum Gasteiger partial charge on any atom is -0.459 e. The molecule has 63 heavy (non-hydrogen) atoms. The van der Waals surface area contributed by atoms with E-state index in [-0.39, 0.29) is 25.2 Å². The van der Waals surface area contributed by atoms with E-state index >= 15 is 0 Å². The molecular weight excluding hydrogens is 839 g/mol. The lowest BCUT2D eigenvalue weighted by atomic mass is 9.74. The summed E-state index contributed by atoms with van der Waals surface area (Å²) >= 11 is 0. The van der Waals surface area contributed by atoms with Gasteiger partial charge in [0.15, 0.2) is 12.6 Å². The highest BCUT2D eigenvalue weighted by Crippen LogP contribution is 2.45. The summed E-state index contributed by atoms with van der Waals surface area (Å²) in [6.45, 7) is 22.8. The lowest BCUT2D eigenvalue weighted by Crippen LogP contribution is -2.70. The first kappa shape index (κ1) is 52.9. The number of carbonyl (C=O) groups is 1. The number of carbonyl (C=O) groups excluding carboxylic acids is 1. The van der Waals surface area contributed by atoms with Crippen LogP contribution in [-0.4, -0.2) is 186 Å². The fraction of sp³-hybridized carbons (Fsp3) is 0.978. The smallest absolute Gasteiger partial charge is 0.338 e. The normalized spacial score (nSPS) is 47.9. The molecule has 0 saturated carbocycles. The molecule has 5 aliphatic rings. The van der Waals surface area contributed by atoms with Crippen LogP contribution in [0.3, 0.4) is 0 Å². The largest absolute Gasteiger partial charge is 0.459 e. The summed E-state index contributed by atoms with van der Waals surface area (Å²) in [6.07, 6.45) is -4.46. The average molecular weight is 922 g/mol.